The van der Waals surface area contributed by atoms with Gasteiger partial charge in [-0.1, -0.05) is 43.2 Å². The van der Waals surface area contributed by atoms with Crippen molar-refractivity contribution in [3.63, 3.8) is 0 Å². The van der Waals surface area contributed by atoms with Crippen molar-refractivity contribution in [3.8, 4) is 0 Å². The van der Waals surface area contributed by atoms with Crippen molar-refractivity contribution in [1.29, 1.82) is 0 Å². The lowest BCUT2D eigenvalue weighted by Gasteiger charge is -2.44. The fourth-order valence-corrected chi connectivity index (χ4v) is 3.28. The normalized spacial score (nSPS) is 32.2. The molecule has 21 heavy (non-hydrogen) atoms. The van der Waals surface area contributed by atoms with Crippen LogP contribution in [-0.2, 0) is 19.0 Å². The van der Waals surface area contributed by atoms with Gasteiger partial charge in [-0.3, -0.25) is 4.79 Å². The van der Waals surface area contributed by atoms with Gasteiger partial charge in [0.1, 0.15) is 6.10 Å². The van der Waals surface area contributed by atoms with Crippen molar-refractivity contribution in [3.05, 3.63) is 35.9 Å². The molecule has 2 aliphatic rings. The number of esters is 1. The maximum absolute atomic E-state index is 11.7. The van der Waals surface area contributed by atoms with Crippen LogP contribution in [0.25, 0.3) is 0 Å². The van der Waals surface area contributed by atoms with Crippen molar-refractivity contribution in [2.75, 3.05) is 7.11 Å². The van der Waals surface area contributed by atoms with E-state index in [1.54, 1.807) is 0 Å². The third-order valence-corrected chi connectivity index (χ3v) is 4.37. The lowest BCUT2D eigenvalue weighted by molar-refractivity contribution is -0.235. The highest BCUT2D eigenvalue weighted by atomic mass is 16.6. The summed E-state index contributed by atoms with van der Waals surface area (Å²) in [6.07, 6.45) is 4.47. The minimum absolute atomic E-state index is 0.119. The van der Waals surface area contributed by atoms with Crippen LogP contribution >= 0.6 is 0 Å². The molecule has 1 aliphatic carbocycles. The minimum Gasteiger partial charge on any atom is -0.469 e. The summed E-state index contributed by atoms with van der Waals surface area (Å²) in [6.45, 7) is 0. The topological polar surface area (TPSA) is 44.8 Å². The van der Waals surface area contributed by atoms with E-state index in [1.165, 1.54) is 20.0 Å². The average molecular weight is 290 g/mol. The highest BCUT2D eigenvalue weighted by Crippen LogP contribution is 2.38. The molecule has 4 nitrogen and oxygen atoms in total. The van der Waals surface area contributed by atoms with Crippen LogP contribution in [-0.4, -0.2) is 31.4 Å². The number of fused-ring (bicyclic) bond motifs is 1. The van der Waals surface area contributed by atoms with Crippen LogP contribution in [0.3, 0.4) is 0 Å². The molecule has 1 saturated heterocycles. The molecule has 1 aromatic carbocycles. The van der Waals surface area contributed by atoms with Gasteiger partial charge in [-0.25, -0.2) is 0 Å². The maximum Gasteiger partial charge on any atom is 0.308 e. The molecule has 1 aromatic rings. The van der Waals surface area contributed by atoms with Gasteiger partial charge in [0, 0.05) is 0 Å². The molecule has 1 aliphatic heterocycles. The summed E-state index contributed by atoms with van der Waals surface area (Å²) in [7, 11) is 1.41. The first kappa shape index (κ1) is 14.5. The van der Waals surface area contributed by atoms with Crippen molar-refractivity contribution < 1.29 is 19.0 Å². The molecule has 0 aromatic heterocycles. The molecule has 1 heterocycles. The monoisotopic (exact) mass is 290 g/mol. The Morgan fingerprint density at radius 2 is 1.81 bits per heavy atom. The molecule has 0 bridgehead atoms. The van der Waals surface area contributed by atoms with Crippen LogP contribution in [0, 0.1) is 0 Å². The van der Waals surface area contributed by atoms with E-state index in [-0.39, 0.29) is 36.8 Å². The average Bonchev–Trinajstić information content (AvgIpc) is 2.55. The molecular weight excluding hydrogens is 268 g/mol. The smallest absolute Gasteiger partial charge is 0.308 e. The Kier molecular flexibility index (Phi) is 4.56. The summed E-state index contributed by atoms with van der Waals surface area (Å²) in [6, 6.07) is 10.0. The van der Waals surface area contributed by atoms with Crippen molar-refractivity contribution in [2.24, 2.45) is 0 Å². The number of carbonyl (C=O) groups is 1. The highest BCUT2D eigenvalue weighted by molar-refractivity contribution is 5.69. The molecule has 0 N–H and O–H groups in total. The van der Waals surface area contributed by atoms with E-state index in [0.29, 0.717) is 0 Å². The Labute approximate surface area is 125 Å². The van der Waals surface area contributed by atoms with E-state index >= 15 is 0 Å². The predicted octanol–water partition coefficient (Wildman–Crippen LogP) is 3.02. The molecule has 4 heteroatoms. The second-order valence-electron chi connectivity index (χ2n) is 5.78. The van der Waals surface area contributed by atoms with Crippen molar-refractivity contribution in [2.45, 2.75) is 56.5 Å². The summed E-state index contributed by atoms with van der Waals surface area (Å²) in [5, 5.41) is 0. The first-order valence-corrected chi connectivity index (χ1v) is 7.70. The molecule has 2 fully saturated rings. The van der Waals surface area contributed by atoms with Crippen LogP contribution in [0.1, 0.15) is 43.8 Å². The summed E-state index contributed by atoms with van der Waals surface area (Å²) in [5.74, 6) is -0.251. The lowest BCUT2D eigenvalue weighted by atomic mass is 9.90. The number of hydrogen-bond acceptors (Lipinski definition) is 4. The Hall–Kier alpha value is -1.39. The predicted molar refractivity (Wildman–Crippen MR) is 77.8 cm³/mol. The van der Waals surface area contributed by atoms with Crippen LogP contribution in [0.2, 0.25) is 0 Å². The number of carbonyl (C=O) groups excluding carboxylic acids is 1. The van der Waals surface area contributed by atoms with Crippen LogP contribution in [0.15, 0.2) is 30.3 Å². The summed E-state index contributed by atoms with van der Waals surface area (Å²) in [4.78, 5) is 11.7. The quantitative estimate of drug-likeness (QED) is 0.803. The van der Waals surface area contributed by atoms with Gasteiger partial charge in [-0.2, -0.15) is 0 Å². The fraction of sp³-hybridized carbons (Fsp3) is 0.588. The van der Waals surface area contributed by atoms with Gasteiger partial charge in [-0.15, -0.1) is 0 Å². The first-order chi connectivity index (χ1) is 10.3. The second-order valence-corrected chi connectivity index (χ2v) is 5.78. The minimum atomic E-state index is -0.265. The maximum atomic E-state index is 11.7. The lowest BCUT2D eigenvalue weighted by Crippen LogP contribution is -2.47. The van der Waals surface area contributed by atoms with E-state index in [9.17, 15) is 4.79 Å². The van der Waals surface area contributed by atoms with Crippen molar-refractivity contribution in [1.82, 2.24) is 0 Å². The van der Waals surface area contributed by atoms with E-state index in [1.807, 2.05) is 30.3 Å². The van der Waals surface area contributed by atoms with Crippen LogP contribution < -0.4 is 0 Å². The van der Waals surface area contributed by atoms with Gasteiger partial charge in [0.25, 0.3) is 0 Å². The zero-order valence-corrected chi connectivity index (χ0v) is 12.4. The number of benzene rings is 1. The van der Waals surface area contributed by atoms with E-state index in [2.05, 4.69) is 0 Å². The molecule has 3 rings (SSSR count). The van der Waals surface area contributed by atoms with Crippen LogP contribution in [0.5, 0.6) is 0 Å². The standard InChI is InChI=1S/C17H22O4/c1-19-16(18)11-15-17(12-7-3-2-4-8-12)21-14-10-6-5-9-13(14)20-15/h2-4,7-8,13-15,17H,5-6,9-11H2,1H3/t13-,14-,15-,17+/m1/s1. The van der Waals surface area contributed by atoms with Crippen LogP contribution in [0.4, 0.5) is 0 Å². The highest BCUT2D eigenvalue weighted by Gasteiger charge is 2.41. The van der Waals surface area contributed by atoms with Gasteiger partial charge in [-0.05, 0) is 18.4 Å². The zero-order valence-electron chi connectivity index (χ0n) is 12.4. The van der Waals surface area contributed by atoms with Gasteiger partial charge >= 0.3 is 5.97 Å². The van der Waals surface area contributed by atoms with E-state index in [0.717, 1.165) is 18.4 Å². The number of hydrogen-bond donors (Lipinski definition) is 0. The molecule has 0 unspecified atom stereocenters. The number of methoxy groups -OCH3 is 1. The van der Waals surface area contributed by atoms with Crippen molar-refractivity contribution >= 4 is 5.97 Å². The fourth-order valence-electron chi connectivity index (χ4n) is 3.28. The zero-order chi connectivity index (χ0) is 14.7. The number of ether oxygens (including phenoxy) is 3. The Bertz CT molecular complexity index is 473. The van der Waals surface area contributed by atoms with E-state index in [4.69, 9.17) is 14.2 Å². The Morgan fingerprint density at radius 1 is 1.14 bits per heavy atom. The van der Waals surface area contributed by atoms with Gasteiger partial charge in [0.15, 0.2) is 0 Å². The molecule has 4 atom stereocenters. The SMILES string of the molecule is COC(=O)C[C@H]1O[C@@H]2CCCC[C@H]2O[C@H]1c1ccccc1. The molecule has 114 valence electrons. The third kappa shape index (κ3) is 3.27. The summed E-state index contributed by atoms with van der Waals surface area (Å²) >= 11 is 0. The molecule has 1 saturated carbocycles. The molecule has 0 amide bonds. The Balaban J connectivity index is 1.80. The van der Waals surface area contributed by atoms with Gasteiger partial charge in [0.2, 0.25) is 0 Å². The summed E-state index contributed by atoms with van der Waals surface area (Å²) < 4.78 is 17.3. The first-order valence-electron chi connectivity index (χ1n) is 7.70. The largest absolute Gasteiger partial charge is 0.469 e. The number of rotatable bonds is 3. The van der Waals surface area contributed by atoms with Gasteiger partial charge in [0.05, 0.1) is 31.8 Å². The van der Waals surface area contributed by atoms with Gasteiger partial charge < -0.3 is 14.2 Å². The Morgan fingerprint density at radius 3 is 2.48 bits per heavy atom. The second kappa shape index (κ2) is 6.58. The molecule has 0 spiro atoms. The summed E-state index contributed by atoms with van der Waals surface area (Å²) in [5.41, 5.74) is 1.07. The van der Waals surface area contributed by atoms with E-state index < -0.39 is 0 Å². The third-order valence-electron chi connectivity index (χ3n) is 4.37. The molecule has 0 radical (unpaired) electrons. The molecular formula is C17H22O4.